The van der Waals surface area contributed by atoms with Gasteiger partial charge in [0.05, 0.1) is 11.8 Å². The van der Waals surface area contributed by atoms with Crippen LogP contribution in [0.2, 0.25) is 0 Å². The molecule has 1 aromatic heterocycles. The molecular formula is C20H24N2O5. The molecule has 0 aliphatic carbocycles. The molecule has 7 nitrogen and oxygen atoms in total. The number of nitrogens with one attached hydrogen (secondary N) is 2. The molecule has 2 N–H and O–H groups in total. The number of aryl methyl sites for hydroxylation is 1. The number of rotatable bonds is 8. The zero-order valence-electron chi connectivity index (χ0n) is 15.7. The van der Waals surface area contributed by atoms with Crippen molar-refractivity contribution in [1.82, 2.24) is 5.32 Å². The van der Waals surface area contributed by atoms with E-state index in [2.05, 4.69) is 24.5 Å². The Morgan fingerprint density at radius 2 is 1.96 bits per heavy atom. The lowest BCUT2D eigenvalue weighted by molar-refractivity contribution is -0.124. The summed E-state index contributed by atoms with van der Waals surface area (Å²) in [4.78, 5) is 36.0. The third-order valence-electron chi connectivity index (χ3n) is 3.84. The third kappa shape index (κ3) is 6.29. The number of hydrogen-bond donors (Lipinski definition) is 2. The monoisotopic (exact) mass is 372 g/mol. The first-order chi connectivity index (χ1) is 12.9. The van der Waals surface area contributed by atoms with E-state index in [0.29, 0.717) is 18.2 Å². The normalized spacial score (nSPS) is 10.5. The van der Waals surface area contributed by atoms with Gasteiger partial charge in [0, 0.05) is 12.2 Å². The number of hydrogen-bond acceptors (Lipinski definition) is 5. The maximum absolute atomic E-state index is 12.2. The van der Waals surface area contributed by atoms with Crippen molar-refractivity contribution < 1.29 is 23.5 Å². The Hall–Kier alpha value is -3.09. The van der Waals surface area contributed by atoms with Gasteiger partial charge in [-0.2, -0.15) is 0 Å². The van der Waals surface area contributed by atoms with Gasteiger partial charge in [-0.25, -0.2) is 4.79 Å². The molecule has 0 atom stereocenters. The highest BCUT2D eigenvalue weighted by molar-refractivity contribution is 6.03. The Labute approximate surface area is 158 Å². The van der Waals surface area contributed by atoms with Crippen LogP contribution in [-0.4, -0.2) is 30.9 Å². The van der Waals surface area contributed by atoms with Gasteiger partial charge in [0.1, 0.15) is 0 Å². The summed E-state index contributed by atoms with van der Waals surface area (Å²) < 4.78 is 10.1. The van der Waals surface area contributed by atoms with Gasteiger partial charge < -0.3 is 19.8 Å². The zero-order valence-corrected chi connectivity index (χ0v) is 15.7. The van der Waals surface area contributed by atoms with Crippen molar-refractivity contribution >= 4 is 23.5 Å². The topological polar surface area (TPSA) is 97.6 Å². The minimum Gasteiger partial charge on any atom is -0.459 e. The number of furan rings is 1. The summed E-state index contributed by atoms with van der Waals surface area (Å²) in [6, 6.07) is 7.94. The number of amides is 2. The molecule has 0 bridgehead atoms. The van der Waals surface area contributed by atoms with Crippen LogP contribution in [-0.2, 0) is 9.53 Å². The maximum atomic E-state index is 12.2. The molecule has 2 rings (SSSR count). The summed E-state index contributed by atoms with van der Waals surface area (Å²) in [7, 11) is 0. The molecule has 27 heavy (non-hydrogen) atoms. The molecule has 2 amide bonds. The first-order valence-electron chi connectivity index (χ1n) is 8.76. The van der Waals surface area contributed by atoms with Crippen molar-refractivity contribution in [3.8, 4) is 0 Å². The minimum atomic E-state index is -0.637. The summed E-state index contributed by atoms with van der Waals surface area (Å²) in [5, 5.41) is 5.39. The number of anilines is 1. The molecule has 2 aromatic rings. The number of esters is 1. The molecule has 0 spiro atoms. The molecule has 1 aromatic carbocycles. The maximum Gasteiger partial charge on any atom is 0.338 e. The van der Waals surface area contributed by atoms with Gasteiger partial charge in [-0.15, -0.1) is 0 Å². The molecular weight excluding hydrogens is 348 g/mol. The fraction of sp³-hybridized carbons (Fsp3) is 0.350. The van der Waals surface area contributed by atoms with Crippen molar-refractivity contribution in [2.75, 3.05) is 18.5 Å². The fourth-order valence-corrected chi connectivity index (χ4v) is 2.24. The molecule has 1 heterocycles. The van der Waals surface area contributed by atoms with Crippen molar-refractivity contribution in [1.29, 1.82) is 0 Å². The van der Waals surface area contributed by atoms with E-state index < -0.39 is 11.9 Å². The Bertz CT molecular complexity index is 797. The smallest absolute Gasteiger partial charge is 0.338 e. The summed E-state index contributed by atoms with van der Waals surface area (Å²) in [5.41, 5.74) is 1.48. The Morgan fingerprint density at radius 1 is 1.19 bits per heavy atom. The minimum absolute atomic E-state index is 0.167. The van der Waals surface area contributed by atoms with Crippen LogP contribution in [0.5, 0.6) is 0 Å². The van der Waals surface area contributed by atoms with Crippen LogP contribution in [0, 0.1) is 12.8 Å². The summed E-state index contributed by atoms with van der Waals surface area (Å²) in [6.45, 7) is 6.12. The Morgan fingerprint density at radius 3 is 2.63 bits per heavy atom. The number of carbonyl (C=O) groups excluding carboxylic acids is 3. The van der Waals surface area contributed by atoms with Crippen molar-refractivity contribution in [2.24, 2.45) is 5.92 Å². The second-order valence-electron chi connectivity index (χ2n) is 6.57. The van der Waals surface area contributed by atoms with Crippen LogP contribution in [0.25, 0.3) is 0 Å². The summed E-state index contributed by atoms with van der Waals surface area (Å²) in [6.07, 6.45) is 2.26. The van der Waals surface area contributed by atoms with Gasteiger partial charge >= 0.3 is 5.97 Å². The second-order valence-corrected chi connectivity index (χ2v) is 6.57. The van der Waals surface area contributed by atoms with Gasteiger partial charge in [0.25, 0.3) is 11.8 Å². The molecule has 0 aliphatic heterocycles. The lowest BCUT2D eigenvalue weighted by atomic mass is 10.1. The van der Waals surface area contributed by atoms with Gasteiger partial charge in [0.15, 0.2) is 12.4 Å². The van der Waals surface area contributed by atoms with Gasteiger partial charge in [0.2, 0.25) is 0 Å². The van der Waals surface area contributed by atoms with Crippen LogP contribution < -0.4 is 10.6 Å². The van der Waals surface area contributed by atoms with E-state index in [0.717, 1.165) is 12.0 Å². The molecule has 7 heteroatoms. The van der Waals surface area contributed by atoms with E-state index in [1.54, 1.807) is 31.2 Å². The second kappa shape index (κ2) is 9.56. The first kappa shape index (κ1) is 20.2. The molecule has 0 saturated heterocycles. The SMILES string of the molecule is Cc1ccc(C(=O)OCC(=O)NCCC(C)C)cc1NC(=O)c1ccco1. The van der Waals surface area contributed by atoms with Crippen molar-refractivity contribution in [3.63, 3.8) is 0 Å². The highest BCUT2D eigenvalue weighted by atomic mass is 16.5. The van der Waals surface area contributed by atoms with Crippen molar-refractivity contribution in [2.45, 2.75) is 27.2 Å². The van der Waals surface area contributed by atoms with Crippen LogP contribution in [0.3, 0.4) is 0 Å². The number of benzene rings is 1. The molecule has 0 unspecified atom stereocenters. The Balaban J connectivity index is 1.93. The summed E-state index contributed by atoms with van der Waals surface area (Å²) >= 11 is 0. The van der Waals surface area contributed by atoms with Crippen LogP contribution >= 0.6 is 0 Å². The zero-order chi connectivity index (χ0) is 19.8. The van der Waals surface area contributed by atoms with E-state index in [-0.39, 0.29) is 23.8 Å². The molecule has 0 radical (unpaired) electrons. The number of ether oxygens (including phenoxy) is 1. The van der Waals surface area contributed by atoms with Crippen LogP contribution in [0.4, 0.5) is 5.69 Å². The molecule has 0 aliphatic rings. The van der Waals surface area contributed by atoms with Crippen LogP contribution in [0.1, 0.15) is 46.7 Å². The van der Waals surface area contributed by atoms with E-state index >= 15 is 0 Å². The van der Waals surface area contributed by atoms with E-state index in [1.807, 2.05) is 0 Å². The fourth-order valence-electron chi connectivity index (χ4n) is 2.24. The van der Waals surface area contributed by atoms with E-state index in [9.17, 15) is 14.4 Å². The standard InChI is InChI=1S/C20H24N2O5/c1-13(2)8-9-21-18(23)12-27-20(25)15-7-6-14(3)16(11-15)22-19(24)17-5-4-10-26-17/h4-7,10-11,13H,8-9,12H2,1-3H3,(H,21,23)(H,22,24). The van der Waals surface area contributed by atoms with Gasteiger partial charge in [-0.05, 0) is 49.1 Å². The largest absolute Gasteiger partial charge is 0.459 e. The van der Waals surface area contributed by atoms with Gasteiger partial charge in [-0.3, -0.25) is 9.59 Å². The van der Waals surface area contributed by atoms with E-state index in [1.165, 1.54) is 12.3 Å². The molecule has 0 fully saturated rings. The molecule has 144 valence electrons. The Kier molecular flexibility index (Phi) is 7.16. The quantitative estimate of drug-likeness (QED) is 0.694. The number of carbonyl (C=O) groups is 3. The molecule has 0 saturated carbocycles. The average Bonchev–Trinajstić information content (AvgIpc) is 3.16. The van der Waals surface area contributed by atoms with E-state index in [4.69, 9.17) is 9.15 Å². The third-order valence-corrected chi connectivity index (χ3v) is 3.84. The highest BCUT2D eigenvalue weighted by Crippen LogP contribution is 2.19. The highest BCUT2D eigenvalue weighted by Gasteiger charge is 2.14. The van der Waals surface area contributed by atoms with Crippen molar-refractivity contribution in [3.05, 3.63) is 53.5 Å². The predicted molar refractivity (Wildman–Crippen MR) is 101 cm³/mol. The lowest BCUT2D eigenvalue weighted by Crippen LogP contribution is -2.30. The first-order valence-corrected chi connectivity index (χ1v) is 8.76. The lowest BCUT2D eigenvalue weighted by Gasteiger charge is -2.10. The summed E-state index contributed by atoms with van der Waals surface area (Å²) in [5.74, 6) is -0.751. The predicted octanol–water partition coefficient (Wildman–Crippen LogP) is 3.16. The van der Waals surface area contributed by atoms with Crippen LogP contribution in [0.15, 0.2) is 41.0 Å². The average molecular weight is 372 g/mol. The van der Waals surface area contributed by atoms with Gasteiger partial charge in [-0.1, -0.05) is 19.9 Å².